The number of para-hydroxylation sites is 1. The highest BCUT2D eigenvalue weighted by Gasteiger charge is 1.93. The molecule has 6 N–H and O–H groups in total. The lowest BCUT2D eigenvalue weighted by Crippen LogP contribution is -2.11. The minimum Gasteiger partial charge on any atom is -0.480 e. The molecule has 0 aromatic heterocycles. The molecule has 0 aliphatic carbocycles. The fourth-order valence-corrected chi connectivity index (χ4v) is 0.734. The van der Waals surface area contributed by atoms with Gasteiger partial charge in [0, 0.05) is 5.69 Å². The third kappa shape index (κ3) is 5.66. The summed E-state index contributed by atoms with van der Waals surface area (Å²) in [6.07, 6.45) is 0. The molecule has 0 unspecified atom stereocenters. The van der Waals surface area contributed by atoms with Crippen molar-refractivity contribution in [2.24, 2.45) is 11.7 Å². The quantitative estimate of drug-likeness (QED) is 0.390. The standard InChI is InChI=1S/C8H9NO2.H4N2/c10-8(11)6-9-7-4-2-1-3-5-7;1-2/h1-5,9H,6H2,(H,10,11);1-2H2. The van der Waals surface area contributed by atoms with Gasteiger partial charge < -0.3 is 10.4 Å². The lowest BCUT2D eigenvalue weighted by atomic mass is 10.3. The molecule has 0 saturated heterocycles. The Bertz CT molecular complexity index is 238. The van der Waals surface area contributed by atoms with Gasteiger partial charge in [0.1, 0.15) is 6.54 Å². The van der Waals surface area contributed by atoms with Crippen LogP contribution in [0, 0.1) is 0 Å². The highest BCUT2D eigenvalue weighted by atomic mass is 16.4. The van der Waals surface area contributed by atoms with Gasteiger partial charge in [-0.15, -0.1) is 0 Å². The van der Waals surface area contributed by atoms with Crippen molar-refractivity contribution in [3.63, 3.8) is 0 Å². The minimum atomic E-state index is -0.853. The molecule has 0 saturated carbocycles. The molecular formula is C8H13N3O2. The van der Waals surface area contributed by atoms with Crippen LogP contribution in [0.4, 0.5) is 5.69 Å². The Morgan fingerprint density at radius 1 is 1.31 bits per heavy atom. The Kier molecular flexibility index (Phi) is 6.21. The van der Waals surface area contributed by atoms with Gasteiger partial charge >= 0.3 is 5.97 Å². The van der Waals surface area contributed by atoms with Crippen LogP contribution in [0.1, 0.15) is 0 Å². The van der Waals surface area contributed by atoms with Crippen LogP contribution in [-0.2, 0) is 4.79 Å². The van der Waals surface area contributed by atoms with Crippen molar-refractivity contribution in [3.05, 3.63) is 30.3 Å². The minimum absolute atomic E-state index is 0.0377. The number of hydrogen-bond donors (Lipinski definition) is 4. The molecule has 13 heavy (non-hydrogen) atoms. The summed E-state index contributed by atoms with van der Waals surface area (Å²) in [5, 5.41) is 11.1. The first kappa shape index (κ1) is 11.4. The Balaban J connectivity index is 0.000000671. The lowest BCUT2D eigenvalue weighted by Gasteiger charge is -2.00. The largest absolute Gasteiger partial charge is 0.480 e. The van der Waals surface area contributed by atoms with E-state index in [2.05, 4.69) is 17.0 Å². The van der Waals surface area contributed by atoms with E-state index in [0.29, 0.717) is 0 Å². The first-order valence-electron chi connectivity index (χ1n) is 3.63. The molecule has 0 atom stereocenters. The number of carboxylic acids is 1. The number of anilines is 1. The zero-order chi connectivity index (χ0) is 10.1. The van der Waals surface area contributed by atoms with Gasteiger partial charge in [-0.1, -0.05) is 18.2 Å². The van der Waals surface area contributed by atoms with Crippen molar-refractivity contribution in [1.29, 1.82) is 0 Å². The molecule has 0 amide bonds. The van der Waals surface area contributed by atoms with Crippen LogP contribution in [0.25, 0.3) is 0 Å². The predicted octanol–water partition coefficient (Wildman–Crippen LogP) is 0.00190. The van der Waals surface area contributed by atoms with Gasteiger partial charge in [0.15, 0.2) is 0 Å². The van der Waals surface area contributed by atoms with E-state index in [1.165, 1.54) is 0 Å². The fraction of sp³-hybridized carbons (Fsp3) is 0.125. The van der Waals surface area contributed by atoms with Crippen LogP contribution in [0.5, 0.6) is 0 Å². The van der Waals surface area contributed by atoms with Crippen molar-refractivity contribution in [3.8, 4) is 0 Å². The van der Waals surface area contributed by atoms with Crippen LogP contribution >= 0.6 is 0 Å². The Morgan fingerprint density at radius 3 is 2.31 bits per heavy atom. The second-order valence-corrected chi connectivity index (χ2v) is 2.11. The molecule has 0 radical (unpaired) electrons. The van der Waals surface area contributed by atoms with Crippen molar-refractivity contribution >= 4 is 11.7 Å². The molecular weight excluding hydrogens is 170 g/mol. The van der Waals surface area contributed by atoms with E-state index < -0.39 is 5.97 Å². The van der Waals surface area contributed by atoms with E-state index >= 15 is 0 Å². The van der Waals surface area contributed by atoms with Crippen LogP contribution < -0.4 is 17.0 Å². The maximum absolute atomic E-state index is 10.1. The summed E-state index contributed by atoms with van der Waals surface area (Å²) >= 11 is 0. The van der Waals surface area contributed by atoms with Crippen molar-refractivity contribution in [2.45, 2.75) is 0 Å². The van der Waals surface area contributed by atoms with Gasteiger partial charge in [0.25, 0.3) is 0 Å². The highest BCUT2D eigenvalue weighted by molar-refractivity contribution is 5.72. The number of nitrogens with two attached hydrogens (primary N) is 2. The van der Waals surface area contributed by atoms with E-state index in [1.54, 1.807) is 0 Å². The summed E-state index contributed by atoms with van der Waals surface area (Å²) in [4.78, 5) is 10.1. The Hall–Kier alpha value is -1.59. The number of rotatable bonds is 3. The van der Waals surface area contributed by atoms with Crippen LogP contribution in [-0.4, -0.2) is 17.6 Å². The number of nitrogens with one attached hydrogen (secondary N) is 1. The molecule has 1 rings (SSSR count). The number of benzene rings is 1. The third-order valence-electron chi connectivity index (χ3n) is 1.22. The van der Waals surface area contributed by atoms with Gasteiger partial charge in [0.05, 0.1) is 0 Å². The van der Waals surface area contributed by atoms with Crippen molar-refractivity contribution < 1.29 is 9.90 Å². The molecule has 0 bridgehead atoms. The maximum Gasteiger partial charge on any atom is 0.322 e. The fourth-order valence-electron chi connectivity index (χ4n) is 0.734. The smallest absolute Gasteiger partial charge is 0.322 e. The third-order valence-corrected chi connectivity index (χ3v) is 1.22. The number of hydrazine groups is 1. The van der Waals surface area contributed by atoms with Crippen LogP contribution in [0.15, 0.2) is 30.3 Å². The van der Waals surface area contributed by atoms with E-state index in [-0.39, 0.29) is 6.54 Å². The molecule has 0 spiro atoms. The van der Waals surface area contributed by atoms with E-state index in [1.807, 2.05) is 30.3 Å². The van der Waals surface area contributed by atoms with E-state index in [9.17, 15) is 4.79 Å². The van der Waals surface area contributed by atoms with Crippen LogP contribution in [0.2, 0.25) is 0 Å². The summed E-state index contributed by atoms with van der Waals surface area (Å²) in [5.74, 6) is 7.15. The first-order chi connectivity index (χ1) is 6.29. The van der Waals surface area contributed by atoms with E-state index in [4.69, 9.17) is 5.11 Å². The van der Waals surface area contributed by atoms with Gasteiger partial charge in [-0.2, -0.15) is 0 Å². The maximum atomic E-state index is 10.1. The lowest BCUT2D eigenvalue weighted by molar-refractivity contribution is -0.134. The topological polar surface area (TPSA) is 101 Å². The predicted molar refractivity (Wildman–Crippen MR) is 50.9 cm³/mol. The molecule has 0 aliphatic heterocycles. The number of carboxylic acid groups (broad SMARTS) is 1. The highest BCUT2D eigenvalue weighted by Crippen LogP contribution is 2.03. The summed E-state index contributed by atoms with van der Waals surface area (Å²) in [5.41, 5.74) is 0.829. The second-order valence-electron chi connectivity index (χ2n) is 2.11. The Morgan fingerprint density at radius 2 is 1.85 bits per heavy atom. The van der Waals surface area contributed by atoms with Gasteiger partial charge in [-0.05, 0) is 12.1 Å². The van der Waals surface area contributed by atoms with Crippen LogP contribution in [0.3, 0.4) is 0 Å². The normalized spacial score (nSPS) is 8.15. The molecule has 0 fully saturated rings. The molecule has 0 aliphatic rings. The first-order valence-corrected chi connectivity index (χ1v) is 3.63. The second kappa shape index (κ2) is 7.08. The monoisotopic (exact) mass is 183 g/mol. The average molecular weight is 183 g/mol. The van der Waals surface area contributed by atoms with Crippen molar-refractivity contribution in [2.75, 3.05) is 11.9 Å². The SMILES string of the molecule is NN.O=C(O)CNc1ccccc1. The van der Waals surface area contributed by atoms with E-state index in [0.717, 1.165) is 5.69 Å². The Labute approximate surface area is 76.3 Å². The van der Waals surface area contributed by atoms with Crippen molar-refractivity contribution in [1.82, 2.24) is 0 Å². The summed E-state index contributed by atoms with van der Waals surface area (Å²) < 4.78 is 0. The molecule has 0 heterocycles. The molecule has 1 aromatic carbocycles. The average Bonchev–Trinajstić information content (AvgIpc) is 2.19. The molecule has 72 valence electrons. The number of carbonyl (C=O) groups is 1. The zero-order valence-electron chi connectivity index (χ0n) is 7.10. The number of aliphatic carboxylic acids is 1. The summed E-state index contributed by atoms with van der Waals surface area (Å²) in [6.45, 7) is -0.0377. The van der Waals surface area contributed by atoms with Gasteiger partial charge in [-0.25, -0.2) is 0 Å². The number of hydrogen-bond acceptors (Lipinski definition) is 4. The summed E-state index contributed by atoms with van der Waals surface area (Å²) in [6, 6.07) is 9.23. The molecule has 5 nitrogen and oxygen atoms in total. The zero-order valence-corrected chi connectivity index (χ0v) is 7.10. The molecule has 1 aromatic rings. The molecule has 5 heteroatoms. The van der Waals surface area contributed by atoms with Gasteiger partial charge in [-0.3, -0.25) is 16.5 Å². The van der Waals surface area contributed by atoms with Gasteiger partial charge in [0.2, 0.25) is 0 Å². The summed E-state index contributed by atoms with van der Waals surface area (Å²) in [7, 11) is 0.